The van der Waals surface area contributed by atoms with Crippen molar-refractivity contribution in [1.82, 2.24) is 19.9 Å². The number of rotatable bonds is 5. The van der Waals surface area contributed by atoms with Crippen LogP contribution in [0.4, 0.5) is 0 Å². The van der Waals surface area contributed by atoms with Gasteiger partial charge in [-0.2, -0.15) is 0 Å². The maximum atomic E-state index is 12.1. The van der Waals surface area contributed by atoms with Crippen LogP contribution in [0.25, 0.3) is 11.0 Å². The van der Waals surface area contributed by atoms with E-state index >= 15 is 0 Å². The molecule has 2 heterocycles. The number of carbonyl (C=O) groups is 1. The van der Waals surface area contributed by atoms with E-state index in [0.29, 0.717) is 17.8 Å². The van der Waals surface area contributed by atoms with Crippen LogP contribution in [0.5, 0.6) is 0 Å². The fraction of sp³-hybridized carbons (Fsp3) is 0.467. The van der Waals surface area contributed by atoms with Gasteiger partial charge in [-0.3, -0.25) is 19.1 Å². The minimum Gasteiger partial charge on any atom is -0.350 e. The molecule has 2 aromatic rings. The van der Waals surface area contributed by atoms with Gasteiger partial charge in [0.25, 0.3) is 11.5 Å². The molecule has 0 saturated carbocycles. The van der Waals surface area contributed by atoms with Crippen molar-refractivity contribution in [2.45, 2.75) is 46.2 Å². The lowest BCUT2D eigenvalue weighted by atomic mass is 10.2. The Hall–Kier alpha value is -2.44. The predicted octanol–water partition coefficient (Wildman–Crippen LogP) is 1.02. The summed E-state index contributed by atoms with van der Waals surface area (Å²) in [6.45, 7) is 6.25. The highest BCUT2D eigenvalue weighted by Crippen LogP contribution is 2.08. The molecule has 0 bridgehead atoms. The molecule has 0 saturated heterocycles. The zero-order valence-electron chi connectivity index (χ0n) is 13.0. The largest absolute Gasteiger partial charge is 0.350 e. The lowest BCUT2D eigenvalue weighted by Crippen LogP contribution is -2.33. The minimum absolute atomic E-state index is 0.0375. The number of hydrogen-bond acceptors (Lipinski definition) is 4. The van der Waals surface area contributed by atoms with E-state index in [-0.39, 0.29) is 17.3 Å². The molecule has 0 fully saturated rings. The van der Waals surface area contributed by atoms with Crippen molar-refractivity contribution in [1.29, 1.82) is 0 Å². The van der Waals surface area contributed by atoms with Crippen molar-refractivity contribution in [2.75, 3.05) is 0 Å². The molecule has 1 unspecified atom stereocenters. The second-order valence-electron chi connectivity index (χ2n) is 5.29. The number of aromatic amines is 1. The molecule has 7 nitrogen and oxygen atoms in total. The molecule has 0 aliphatic carbocycles. The summed E-state index contributed by atoms with van der Waals surface area (Å²) >= 11 is 0. The number of nitrogens with one attached hydrogen (secondary N) is 2. The average molecular weight is 304 g/mol. The minimum atomic E-state index is -0.530. The van der Waals surface area contributed by atoms with E-state index in [2.05, 4.69) is 15.3 Å². The second kappa shape index (κ2) is 6.55. The number of nitrogens with zero attached hydrogens (tertiary/aromatic N) is 2. The van der Waals surface area contributed by atoms with E-state index in [4.69, 9.17) is 0 Å². The zero-order valence-corrected chi connectivity index (χ0v) is 13.0. The van der Waals surface area contributed by atoms with E-state index in [9.17, 15) is 14.4 Å². The summed E-state index contributed by atoms with van der Waals surface area (Å²) < 4.78 is 1.41. The normalized spacial score (nSPS) is 12.3. The second-order valence-corrected chi connectivity index (χ2v) is 5.29. The highest BCUT2D eigenvalue weighted by molar-refractivity contribution is 5.96. The summed E-state index contributed by atoms with van der Waals surface area (Å²) in [5.74, 6) is -0.281. The maximum absolute atomic E-state index is 12.1. The average Bonchev–Trinajstić information content (AvgIpc) is 2.50. The van der Waals surface area contributed by atoms with Crippen molar-refractivity contribution in [3.63, 3.8) is 0 Å². The summed E-state index contributed by atoms with van der Waals surface area (Å²) in [7, 11) is 0. The molecule has 7 heteroatoms. The fourth-order valence-corrected chi connectivity index (χ4v) is 2.13. The summed E-state index contributed by atoms with van der Waals surface area (Å²) in [5.41, 5.74) is -0.405. The third-order valence-corrected chi connectivity index (χ3v) is 3.53. The number of hydrogen-bond donors (Lipinski definition) is 2. The highest BCUT2D eigenvalue weighted by atomic mass is 16.2. The molecule has 2 aromatic heterocycles. The van der Waals surface area contributed by atoms with Gasteiger partial charge < -0.3 is 5.32 Å². The first kappa shape index (κ1) is 15.9. The van der Waals surface area contributed by atoms with Gasteiger partial charge in [0.1, 0.15) is 5.65 Å². The van der Waals surface area contributed by atoms with Crippen molar-refractivity contribution < 1.29 is 4.79 Å². The first-order valence-electron chi connectivity index (χ1n) is 7.41. The third-order valence-electron chi connectivity index (χ3n) is 3.53. The van der Waals surface area contributed by atoms with Gasteiger partial charge in [0.15, 0.2) is 0 Å². The van der Waals surface area contributed by atoms with Crippen molar-refractivity contribution >= 4 is 16.9 Å². The molecule has 2 rings (SSSR count). The van der Waals surface area contributed by atoms with Crippen LogP contribution in [0.1, 0.15) is 44.0 Å². The molecule has 0 spiro atoms. The van der Waals surface area contributed by atoms with Crippen LogP contribution in [0, 0.1) is 0 Å². The summed E-state index contributed by atoms with van der Waals surface area (Å²) in [6, 6.07) is 1.51. The lowest BCUT2D eigenvalue weighted by Gasteiger charge is -2.12. The molecule has 0 aliphatic heterocycles. The smallest absolute Gasteiger partial charge is 0.329 e. The molecule has 22 heavy (non-hydrogen) atoms. The molecule has 2 N–H and O–H groups in total. The Bertz CT molecular complexity index is 807. The Kier molecular flexibility index (Phi) is 4.75. The van der Waals surface area contributed by atoms with Gasteiger partial charge >= 0.3 is 5.69 Å². The van der Waals surface area contributed by atoms with E-state index in [1.807, 2.05) is 20.8 Å². The van der Waals surface area contributed by atoms with Gasteiger partial charge in [-0.1, -0.05) is 13.8 Å². The van der Waals surface area contributed by atoms with Crippen molar-refractivity contribution in [2.24, 2.45) is 0 Å². The Morgan fingerprint density at radius 1 is 1.41 bits per heavy atom. The van der Waals surface area contributed by atoms with Gasteiger partial charge in [0.05, 0.1) is 10.9 Å². The van der Waals surface area contributed by atoms with Gasteiger partial charge in [0.2, 0.25) is 0 Å². The lowest BCUT2D eigenvalue weighted by molar-refractivity contribution is 0.0939. The van der Waals surface area contributed by atoms with Crippen molar-refractivity contribution in [3.05, 3.63) is 38.7 Å². The predicted molar refractivity (Wildman–Crippen MR) is 84.1 cm³/mol. The molecule has 0 aromatic carbocycles. The van der Waals surface area contributed by atoms with E-state index in [1.165, 1.54) is 16.8 Å². The number of aryl methyl sites for hydroxylation is 1. The number of aromatic nitrogens is 3. The van der Waals surface area contributed by atoms with E-state index < -0.39 is 11.2 Å². The summed E-state index contributed by atoms with van der Waals surface area (Å²) in [5, 5.41) is 3.06. The molecule has 1 atom stereocenters. The Labute approximate surface area is 127 Å². The SMILES string of the molecule is CCCn1c(=O)[nH]c(=O)c2cc(C(=O)NC(C)CC)cnc21. The van der Waals surface area contributed by atoms with Crippen LogP contribution in [-0.4, -0.2) is 26.5 Å². The van der Waals surface area contributed by atoms with Gasteiger partial charge in [0, 0.05) is 18.8 Å². The van der Waals surface area contributed by atoms with Crippen LogP contribution in [0.15, 0.2) is 21.9 Å². The highest BCUT2D eigenvalue weighted by Gasteiger charge is 2.13. The van der Waals surface area contributed by atoms with Gasteiger partial charge in [-0.25, -0.2) is 9.78 Å². The molecule has 118 valence electrons. The van der Waals surface area contributed by atoms with Gasteiger partial charge in [-0.05, 0) is 25.8 Å². The number of amides is 1. The van der Waals surface area contributed by atoms with Crippen LogP contribution in [-0.2, 0) is 6.54 Å². The quantitative estimate of drug-likeness (QED) is 0.862. The van der Waals surface area contributed by atoms with Gasteiger partial charge in [-0.15, -0.1) is 0 Å². The summed E-state index contributed by atoms with van der Waals surface area (Å²) in [4.78, 5) is 42.3. The third kappa shape index (κ3) is 3.08. The first-order chi connectivity index (χ1) is 10.5. The molecule has 0 aliphatic rings. The maximum Gasteiger partial charge on any atom is 0.329 e. The monoisotopic (exact) mass is 304 g/mol. The van der Waals surface area contributed by atoms with Crippen LogP contribution < -0.4 is 16.6 Å². The van der Waals surface area contributed by atoms with Crippen LogP contribution in [0.2, 0.25) is 0 Å². The number of carbonyl (C=O) groups excluding carboxylic acids is 1. The van der Waals surface area contributed by atoms with E-state index in [1.54, 1.807) is 0 Å². The first-order valence-corrected chi connectivity index (χ1v) is 7.41. The number of pyridine rings is 1. The molecular formula is C15H20N4O3. The standard InChI is InChI=1S/C15H20N4O3/c1-4-6-19-12-11(14(21)18-15(19)22)7-10(8-16-12)13(20)17-9(3)5-2/h7-9H,4-6H2,1-3H3,(H,17,20)(H,18,21,22). The fourth-order valence-electron chi connectivity index (χ4n) is 2.13. The van der Waals surface area contributed by atoms with E-state index in [0.717, 1.165) is 12.8 Å². The topological polar surface area (TPSA) is 96.9 Å². The molecule has 1 amide bonds. The Morgan fingerprint density at radius 3 is 2.77 bits per heavy atom. The number of H-pyrrole nitrogens is 1. The Balaban J connectivity index is 2.53. The molecular weight excluding hydrogens is 284 g/mol. The van der Waals surface area contributed by atoms with Crippen molar-refractivity contribution in [3.8, 4) is 0 Å². The van der Waals surface area contributed by atoms with Crippen LogP contribution in [0.3, 0.4) is 0 Å². The summed E-state index contributed by atoms with van der Waals surface area (Å²) in [6.07, 6.45) is 2.94. The van der Waals surface area contributed by atoms with Crippen LogP contribution >= 0.6 is 0 Å². The molecule has 0 radical (unpaired) electrons. The Morgan fingerprint density at radius 2 is 2.14 bits per heavy atom. The zero-order chi connectivity index (χ0) is 16.3. The number of fused-ring (bicyclic) bond motifs is 1.